The Morgan fingerprint density at radius 3 is 2.76 bits per heavy atom. The summed E-state index contributed by atoms with van der Waals surface area (Å²) >= 11 is 0. The Kier molecular flexibility index (Phi) is 4.00. The molecular weight excluding hydrogens is 212 g/mol. The lowest BCUT2D eigenvalue weighted by atomic mass is 10.1. The van der Waals surface area contributed by atoms with Crippen molar-refractivity contribution in [3.05, 3.63) is 29.3 Å². The fourth-order valence-corrected chi connectivity index (χ4v) is 2.17. The molecule has 1 fully saturated rings. The molecule has 0 saturated carbocycles. The SMILES string of the molecule is Cc1cc(C#N)ccc1OCCN1CCCC1. The van der Waals surface area contributed by atoms with E-state index in [4.69, 9.17) is 10.00 Å². The van der Waals surface area contributed by atoms with Crippen LogP contribution in [-0.2, 0) is 0 Å². The van der Waals surface area contributed by atoms with Crippen LogP contribution >= 0.6 is 0 Å². The Labute approximate surface area is 103 Å². The zero-order valence-electron chi connectivity index (χ0n) is 10.3. The largest absolute Gasteiger partial charge is 0.492 e. The van der Waals surface area contributed by atoms with Crippen molar-refractivity contribution in [1.29, 1.82) is 5.26 Å². The second-order valence-electron chi connectivity index (χ2n) is 4.49. The van der Waals surface area contributed by atoms with E-state index in [1.54, 1.807) is 6.07 Å². The molecule has 1 aliphatic rings. The Balaban J connectivity index is 1.84. The van der Waals surface area contributed by atoms with Gasteiger partial charge in [-0.2, -0.15) is 5.26 Å². The van der Waals surface area contributed by atoms with Crippen molar-refractivity contribution < 1.29 is 4.74 Å². The van der Waals surface area contributed by atoms with Crippen molar-refractivity contribution in [2.75, 3.05) is 26.2 Å². The Hall–Kier alpha value is -1.53. The number of likely N-dealkylation sites (tertiary alicyclic amines) is 1. The maximum Gasteiger partial charge on any atom is 0.122 e. The van der Waals surface area contributed by atoms with Gasteiger partial charge >= 0.3 is 0 Å². The lowest BCUT2D eigenvalue weighted by Gasteiger charge is -2.15. The molecule has 1 aromatic carbocycles. The molecule has 0 unspecified atom stereocenters. The first-order chi connectivity index (χ1) is 8.29. The highest BCUT2D eigenvalue weighted by Crippen LogP contribution is 2.18. The number of benzene rings is 1. The minimum Gasteiger partial charge on any atom is -0.492 e. The van der Waals surface area contributed by atoms with Crippen molar-refractivity contribution in [1.82, 2.24) is 4.90 Å². The fraction of sp³-hybridized carbons (Fsp3) is 0.500. The Morgan fingerprint density at radius 2 is 2.12 bits per heavy atom. The van der Waals surface area contributed by atoms with Crippen LogP contribution in [0.25, 0.3) is 0 Å². The summed E-state index contributed by atoms with van der Waals surface area (Å²) in [6.45, 7) is 6.11. The van der Waals surface area contributed by atoms with E-state index in [1.807, 2.05) is 19.1 Å². The van der Waals surface area contributed by atoms with Gasteiger partial charge < -0.3 is 4.74 Å². The minimum absolute atomic E-state index is 0.689. The van der Waals surface area contributed by atoms with Gasteiger partial charge in [-0.25, -0.2) is 0 Å². The predicted octanol–water partition coefficient (Wildman–Crippen LogP) is 2.34. The average Bonchev–Trinajstić information content (AvgIpc) is 2.84. The number of ether oxygens (including phenoxy) is 1. The quantitative estimate of drug-likeness (QED) is 0.796. The number of rotatable bonds is 4. The van der Waals surface area contributed by atoms with Crippen LogP contribution in [0.15, 0.2) is 18.2 Å². The zero-order valence-corrected chi connectivity index (χ0v) is 10.3. The maximum absolute atomic E-state index is 8.78. The van der Waals surface area contributed by atoms with Gasteiger partial charge in [0.1, 0.15) is 12.4 Å². The molecule has 0 amide bonds. The fourth-order valence-electron chi connectivity index (χ4n) is 2.17. The second kappa shape index (κ2) is 5.70. The first-order valence-corrected chi connectivity index (χ1v) is 6.15. The van der Waals surface area contributed by atoms with Crippen LogP contribution in [0.4, 0.5) is 0 Å². The molecule has 2 rings (SSSR count). The van der Waals surface area contributed by atoms with Crippen LogP contribution in [0.3, 0.4) is 0 Å². The van der Waals surface area contributed by atoms with E-state index in [-0.39, 0.29) is 0 Å². The molecule has 0 bridgehead atoms. The molecule has 0 aliphatic carbocycles. The van der Waals surface area contributed by atoms with Gasteiger partial charge in [-0.05, 0) is 56.6 Å². The van der Waals surface area contributed by atoms with Crippen LogP contribution in [0, 0.1) is 18.3 Å². The summed E-state index contributed by atoms with van der Waals surface area (Å²) in [7, 11) is 0. The molecular formula is C14H18N2O. The number of aryl methyl sites for hydroxylation is 1. The zero-order chi connectivity index (χ0) is 12.1. The minimum atomic E-state index is 0.689. The molecule has 1 saturated heterocycles. The van der Waals surface area contributed by atoms with E-state index >= 15 is 0 Å². The summed E-state index contributed by atoms with van der Waals surface area (Å²) in [5, 5.41) is 8.78. The molecule has 0 aromatic heterocycles. The Bertz CT molecular complexity index is 417. The molecule has 1 heterocycles. The van der Waals surface area contributed by atoms with Gasteiger partial charge in [0.2, 0.25) is 0 Å². The number of nitriles is 1. The molecule has 0 spiro atoms. The number of hydrogen-bond acceptors (Lipinski definition) is 3. The van der Waals surface area contributed by atoms with Crippen LogP contribution in [-0.4, -0.2) is 31.1 Å². The molecule has 1 aliphatic heterocycles. The van der Waals surface area contributed by atoms with Crippen LogP contribution in [0.2, 0.25) is 0 Å². The van der Waals surface area contributed by atoms with E-state index in [0.717, 1.165) is 24.5 Å². The lowest BCUT2D eigenvalue weighted by Crippen LogP contribution is -2.25. The lowest BCUT2D eigenvalue weighted by molar-refractivity contribution is 0.237. The summed E-state index contributed by atoms with van der Waals surface area (Å²) in [5.41, 5.74) is 1.72. The molecule has 0 N–H and O–H groups in total. The van der Waals surface area contributed by atoms with Crippen LogP contribution in [0.1, 0.15) is 24.0 Å². The van der Waals surface area contributed by atoms with Gasteiger partial charge in [-0.15, -0.1) is 0 Å². The van der Waals surface area contributed by atoms with Crippen molar-refractivity contribution >= 4 is 0 Å². The number of hydrogen-bond donors (Lipinski definition) is 0. The third kappa shape index (κ3) is 3.21. The summed E-state index contributed by atoms with van der Waals surface area (Å²) in [5.74, 6) is 0.892. The van der Waals surface area contributed by atoms with E-state index in [2.05, 4.69) is 11.0 Å². The first kappa shape index (κ1) is 11.9. The highest BCUT2D eigenvalue weighted by Gasteiger charge is 2.11. The standard InChI is InChI=1S/C14H18N2O/c1-12-10-13(11-15)4-5-14(12)17-9-8-16-6-2-3-7-16/h4-5,10H,2-3,6-9H2,1H3. The first-order valence-electron chi connectivity index (χ1n) is 6.15. The highest BCUT2D eigenvalue weighted by molar-refractivity contribution is 5.41. The molecule has 0 atom stereocenters. The van der Waals surface area contributed by atoms with Gasteiger partial charge in [-0.1, -0.05) is 0 Å². The Morgan fingerprint density at radius 1 is 1.35 bits per heavy atom. The van der Waals surface area contributed by atoms with Gasteiger partial charge in [0.25, 0.3) is 0 Å². The van der Waals surface area contributed by atoms with E-state index in [0.29, 0.717) is 5.56 Å². The third-order valence-electron chi connectivity index (χ3n) is 3.17. The smallest absolute Gasteiger partial charge is 0.122 e. The summed E-state index contributed by atoms with van der Waals surface area (Å²) in [6, 6.07) is 7.69. The van der Waals surface area contributed by atoms with Crippen LogP contribution in [0.5, 0.6) is 5.75 Å². The summed E-state index contributed by atoms with van der Waals surface area (Å²) in [6.07, 6.45) is 2.63. The molecule has 3 heteroatoms. The van der Waals surface area contributed by atoms with Crippen molar-refractivity contribution in [2.24, 2.45) is 0 Å². The van der Waals surface area contributed by atoms with E-state index in [1.165, 1.54) is 25.9 Å². The van der Waals surface area contributed by atoms with Gasteiger partial charge in [-0.3, -0.25) is 4.90 Å². The van der Waals surface area contributed by atoms with Crippen molar-refractivity contribution in [3.8, 4) is 11.8 Å². The molecule has 0 radical (unpaired) electrons. The maximum atomic E-state index is 8.78. The van der Waals surface area contributed by atoms with Gasteiger partial charge in [0, 0.05) is 6.54 Å². The van der Waals surface area contributed by atoms with E-state index < -0.39 is 0 Å². The third-order valence-corrected chi connectivity index (χ3v) is 3.17. The second-order valence-corrected chi connectivity index (χ2v) is 4.49. The van der Waals surface area contributed by atoms with Crippen LogP contribution < -0.4 is 4.74 Å². The molecule has 17 heavy (non-hydrogen) atoms. The van der Waals surface area contributed by atoms with Gasteiger partial charge in [0.05, 0.1) is 11.6 Å². The summed E-state index contributed by atoms with van der Waals surface area (Å²) < 4.78 is 5.75. The van der Waals surface area contributed by atoms with Gasteiger partial charge in [0.15, 0.2) is 0 Å². The molecule has 1 aromatic rings. The average molecular weight is 230 g/mol. The normalized spacial score (nSPS) is 15.8. The monoisotopic (exact) mass is 230 g/mol. The highest BCUT2D eigenvalue weighted by atomic mass is 16.5. The topological polar surface area (TPSA) is 36.3 Å². The summed E-state index contributed by atoms with van der Waals surface area (Å²) in [4.78, 5) is 2.43. The molecule has 3 nitrogen and oxygen atoms in total. The number of nitrogens with zero attached hydrogens (tertiary/aromatic N) is 2. The van der Waals surface area contributed by atoms with Crippen molar-refractivity contribution in [3.63, 3.8) is 0 Å². The predicted molar refractivity (Wildman–Crippen MR) is 67.1 cm³/mol. The van der Waals surface area contributed by atoms with Crippen molar-refractivity contribution in [2.45, 2.75) is 19.8 Å². The van der Waals surface area contributed by atoms with E-state index in [9.17, 15) is 0 Å². The molecule has 90 valence electrons.